The molecule has 0 radical (unpaired) electrons. The third kappa shape index (κ3) is 2.64. The Morgan fingerprint density at radius 1 is 1.50 bits per heavy atom. The van der Waals surface area contributed by atoms with E-state index in [9.17, 15) is 9.59 Å². The Balaban J connectivity index is 2.44. The van der Waals surface area contributed by atoms with Crippen LogP contribution in [0.1, 0.15) is 33.1 Å². The third-order valence-corrected chi connectivity index (χ3v) is 1.95. The van der Waals surface area contributed by atoms with E-state index in [2.05, 4.69) is 19.2 Å². The number of carbonyl (C=O) groups excluding carboxylic acids is 2. The van der Waals surface area contributed by atoms with Crippen LogP contribution >= 0.6 is 0 Å². The van der Waals surface area contributed by atoms with Crippen molar-refractivity contribution in [2.24, 2.45) is 5.92 Å². The quantitative estimate of drug-likeness (QED) is 0.624. The van der Waals surface area contributed by atoms with Gasteiger partial charge in [0.15, 0.2) is 0 Å². The van der Waals surface area contributed by atoms with Crippen LogP contribution in [-0.2, 0) is 9.59 Å². The summed E-state index contributed by atoms with van der Waals surface area (Å²) in [7, 11) is 0. The number of nitrogens with one attached hydrogen (secondary N) is 1. The van der Waals surface area contributed by atoms with Crippen LogP contribution in [0.25, 0.3) is 0 Å². The minimum atomic E-state index is -0.114. The average molecular weight is 169 g/mol. The fourth-order valence-corrected chi connectivity index (χ4v) is 1.57. The van der Waals surface area contributed by atoms with Crippen molar-refractivity contribution in [2.75, 3.05) is 0 Å². The van der Waals surface area contributed by atoms with E-state index in [0.717, 1.165) is 6.42 Å². The first-order chi connectivity index (χ1) is 5.58. The van der Waals surface area contributed by atoms with Gasteiger partial charge >= 0.3 is 0 Å². The number of Topliss-reactive ketones (excluding diaryl/α,β-unsaturated/α-hetero) is 1. The van der Waals surface area contributed by atoms with Crippen molar-refractivity contribution in [1.29, 1.82) is 0 Å². The van der Waals surface area contributed by atoms with Gasteiger partial charge < -0.3 is 5.32 Å². The highest BCUT2D eigenvalue weighted by molar-refractivity contribution is 6.00. The SMILES string of the molecule is CC(C)C[C@@H]1CC(=O)CC(=O)N1. The molecule has 1 amide bonds. The predicted octanol–water partition coefficient (Wildman–Crippen LogP) is 0.880. The molecular formula is C9H15NO2. The highest BCUT2D eigenvalue weighted by atomic mass is 16.2. The summed E-state index contributed by atoms with van der Waals surface area (Å²) in [6.07, 6.45) is 1.50. The topological polar surface area (TPSA) is 46.2 Å². The Morgan fingerprint density at radius 3 is 2.67 bits per heavy atom. The molecule has 3 nitrogen and oxygen atoms in total. The Bertz CT molecular complexity index is 183. The minimum absolute atomic E-state index is 0.0735. The number of rotatable bonds is 2. The first-order valence-corrected chi connectivity index (χ1v) is 4.39. The zero-order valence-electron chi connectivity index (χ0n) is 7.59. The lowest BCUT2D eigenvalue weighted by atomic mass is 9.95. The Kier molecular flexibility index (Phi) is 2.84. The lowest BCUT2D eigenvalue weighted by Gasteiger charge is -2.23. The van der Waals surface area contributed by atoms with Crippen molar-refractivity contribution in [3.05, 3.63) is 0 Å². The zero-order valence-corrected chi connectivity index (χ0v) is 7.59. The average Bonchev–Trinajstić information content (AvgIpc) is 1.81. The van der Waals surface area contributed by atoms with Crippen LogP contribution in [0.3, 0.4) is 0 Å². The fraction of sp³-hybridized carbons (Fsp3) is 0.778. The molecular weight excluding hydrogens is 154 g/mol. The third-order valence-electron chi connectivity index (χ3n) is 1.95. The van der Waals surface area contributed by atoms with E-state index in [1.807, 2.05) is 0 Å². The molecule has 0 saturated carbocycles. The first kappa shape index (κ1) is 9.23. The molecule has 1 aliphatic heterocycles. The molecule has 0 bridgehead atoms. The largest absolute Gasteiger partial charge is 0.353 e. The molecule has 0 aliphatic carbocycles. The van der Waals surface area contributed by atoms with Crippen LogP contribution < -0.4 is 5.32 Å². The highest BCUT2D eigenvalue weighted by Gasteiger charge is 2.24. The van der Waals surface area contributed by atoms with Crippen LogP contribution in [0.5, 0.6) is 0 Å². The summed E-state index contributed by atoms with van der Waals surface area (Å²) in [5, 5.41) is 2.82. The van der Waals surface area contributed by atoms with Crippen LogP contribution in [0.4, 0.5) is 0 Å². The molecule has 1 heterocycles. The van der Waals surface area contributed by atoms with Crippen molar-refractivity contribution in [3.8, 4) is 0 Å². The van der Waals surface area contributed by atoms with Crippen LogP contribution in [0, 0.1) is 5.92 Å². The van der Waals surface area contributed by atoms with Gasteiger partial charge in [0.2, 0.25) is 5.91 Å². The number of piperidine rings is 1. The number of ketones is 1. The monoisotopic (exact) mass is 169 g/mol. The van der Waals surface area contributed by atoms with E-state index in [1.54, 1.807) is 0 Å². The molecule has 0 unspecified atom stereocenters. The highest BCUT2D eigenvalue weighted by Crippen LogP contribution is 2.12. The van der Waals surface area contributed by atoms with Gasteiger partial charge in [0.05, 0.1) is 6.42 Å². The summed E-state index contributed by atoms with van der Waals surface area (Å²) in [5.41, 5.74) is 0. The molecule has 3 heteroatoms. The number of hydrogen-bond acceptors (Lipinski definition) is 2. The maximum absolute atomic E-state index is 11.0. The number of amides is 1. The maximum atomic E-state index is 11.0. The molecule has 0 aromatic carbocycles. The molecule has 1 N–H and O–H groups in total. The maximum Gasteiger partial charge on any atom is 0.227 e. The summed E-state index contributed by atoms with van der Waals surface area (Å²) in [5.74, 6) is 0.488. The van der Waals surface area contributed by atoms with Crippen molar-refractivity contribution in [2.45, 2.75) is 39.2 Å². The van der Waals surface area contributed by atoms with Gasteiger partial charge in [-0.15, -0.1) is 0 Å². The van der Waals surface area contributed by atoms with Gasteiger partial charge in [0.1, 0.15) is 5.78 Å². The summed E-state index contributed by atoms with van der Waals surface area (Å²) in [4.78, 5) is 21.9. The smallest absolute Gasteiger partial charge is 0.227 e. The van der Waals surface area contributed by atoms with E-state index >= 15 is 0 Å². The lowest BCUT2D eigenvalue weighted by Crippen LogP contribution is -2.43. The van der Waals surface area contributed by atoms with Crippen LogP contribution in [-0.4, -0.2) is 17.7 Å². The fourth-order valence-electron chi connectivity index (χ4n) is 1.57. The summed E-state index contributed by atoms with van der Waals surface area (Å²) >= 11 is 0. The molecule has 1 rings (SSSR count). The Hall–Kier alpha value is -0.860. The number of carbonyl (C=O) groups is 2. The predicted molar refractivity (Wildman–Crippen MR) is 45.6 cm³/mol. The summed E-state index contributed by atoms with van der Waals surface area (Å²) in [6.45, 7) is 4.18. The molecule has 1 saturated heterocycles. The normalized spacial score (nSPS) is 24.4. The van der Waals surface area contributed by atoms with Crippen molar-refractivity contribution < 1.29 is 9.59 Å². The summed E-state index contributed by atoms with van der Waals surface area (Å²) in [6, 6.07) is 0.0822. The van der Waals surface area contributed by atoms with E-state index in [0.29, 0.717) is 12.3 Å². The Morgan fingerprint density at radius 2 is 2.17 bits per heavy atom. The van der Waals surface area contributed by atoms with E-state index in [4.69, 9.17) is 0 Å². The van der Waals surface area contributed by atoms with Gasteiger partial charge in [0, 0.05) is 12.5 Å². The molecule has 1 fully saturated rings. The van der Waals surface area contributed by atoms with Gasteiger partial charge in [0.25, 0.3) is 0 Å². The van der Waals surface area contributed by atoms with E-state index < -0.39 is 0 Å². The molecule has 1 aliphatic rings. The molecule has 12 heavy (non-hydrogen) atoms. The first-order valence-electron chi connectivity index (χ1n) is 4.39. The van der Waals surface area contributed by atoms with E-state index in [1.165, 1.54) is 0 Å². The van der Waals surface area contributed by atoms with Gasteiger partial charge in [-0.3, -0.25) is 9.59 Å². The van der Waals surface area contributed by atoms with E-state index in [-0.39, 0.29) is 24.2 Å². The minimum Gasteiger partial charge on any atom is -0.353 e. The van der Waals surface area contributed by atoms with Gasteiger partial charge in [-0.05, 0) is 12.3 Å². The molecule has 0 aromatic heterocycles. The van der Waals surface area contributed by atoms with Crippen LogP contribution in [0.15, 0.2) is 0 Å². The van der Waals surface area contributed by atoms with Gasteiger partial charge in [-0.2, -0.15) is 0 Å². The molecule has 1 atom stereocenters. The zero-order chi connectivity index (χ0) is 9.14. The summed E-state index contributed by atoms with van der Waals surface area (Å²) < 4.78 is 0. The van der Waals surface area contributed by atoms with Crippen molar-refractivity contribution >= 4 is 11.7 Å². The standard InChI is InChI=1S/C9H15NO2/c1-6(2)3-7-4-8(11)5-9(12)10-7/h6-7H,3-5H2,1-2H3,(H,10,12)/t7-/m1/s1. The lowest BCUT2D eigenvalue weighted by molar-refractivity contribution is -0.132. The van der Waals surface area contributed by atoms with Gasteiger partial charge in [-0.25, -0.2) is 0 Å². The molecule has 0 spiro atoms. The second kappa shape index (κ2) is 3.70. The second-order valence-corrected chi connectivity index (χ2v) is 3.81. The molecule has 68 valence electrons. The molecule has 0 aromatic rings. The number of hydrogen-bond donors (Lipinski definition) is 1. The van der Waals surface area contributed by atoms with Crippen molar-refractivity contribution in [1.82, 2.24) is 5.32 Å². The van der Waals surface area contributed by atoms with Crippen molar-refractivity contribution in [3.63, 3.8) is 0 Å². The Labute approximate surface area is 72.5 Å². The van der Waals surface area contributed by atoms with Gasteiger partial charge in [-0.1, -0.05) is 13.8 Å². The second-order valence-electron chi connectivity index (χ2n) is 3.81. The van der Waals surface area contributed by atoms with Crippen LogP contribution in [0.2, 0.25) is 0 Å².